The molecule has 0 saturated carbocycles. The van der Waals surface area contributed by atoms with E-state index >= 15 is 0 Å². The minimum Gasteiger partial charge on any atom is -0.353 e. The number of imidazole rings is 1. The molecule has 8 nitrogen and oxygen atoms in total. The second-order valence-electron chi connectivity index (χ2n) is 6.32. The van der Waals surface area contributed by atoms with Crippen LogP contribution >= 0.6 is 0 Å². The van der Waals surface area contributed by atoms with Gasteiger partial charge in [0.05, 0.1) is 6.33 Å². The maximum Gasteiger partial charge on any atom is 0.165 e. The molecule has 25 heavy (non-hydrogen) atoms. The Balaban J connectivity index is 1.54. The zero-order chi connectivity index (χ0) is 17.4. The van der Waals surface area contributed by atoms with Gasteiger partial charge in [-0.2, -0.15) is 0 Å². The Hall–Kier alpha value is -2.77. The van der Waals surface area contributed by atoms with E-state index in [-0.39, 0.29) is 0 Å². The van der Waals surface area contributed by atoms with Gasteiger partial charge < -0.3 is 14.4 Å². The van der Waals surface area contributed by atoms with Crippen LogP contribution in [0.2, 0.25) is 0 Å². The summed E-state index contributed by atoms with van der Waals surface area (Å²) in [6.45, 7) is 7.64. The number of piperazine rings is 1. The molecule has 1 aliphatic rings. The summed E-state index contributed by atoms with van der Waals surface area (Å²) in [6.07, 6.45) is 4.33. The van der Waals surface area contributed by atoms with E-state index in [2.05, 4.69) is 47.7 Å². The monoisotopic (exact) mass is 338 g/mol. The Morgan fingerprint density at radius 3 is 2.52 bits per heavy atom. The largest absolute Gasteiger partial charge is 0.353 e. The molecule has 0 aromatic carbocycles. The molecule has 0 amide bonds. The number of aryl methyl sites for hydroxylation is 3. The minimum absolute atomic E-state index is 0.836. The van der Waals surface area contributed by atoms with Gasteiger partial charge in [-0.25, -0.2) is 24.9 Å². The van der Waals surface area contributed by atoms with Gasteiger partial charge in [-0.1, -0.05) is 6.92 Å². The van der Waals surface area contributed by atoms with Gasteiger partial charge in [0.2, 0.25) is 0 Å². The van der Waals surface area contributed by atoms with Crippen LogP contribution in [0.5, 0.6) is 0 Å². The van der Waals surface area contributed by atoms with E-state index in [1.165, 1.54) is 0 Å². The van der Waals surface area contributed by atoms with Gasteiger partial charge in [-0.15, -0.1) is 0 Å². The van der Waals surface area contributed by atoms with Gasteiger partial charge in [0.25, 0.3) is 0 Å². The van der Waals surface area contributed by atoms with Crippen LogP contribution in [0.1, 0.15) is 18.4 Å². The first-order valence-electron chi connectivity index (χ1n) is 8.62. The third kappa shape index (κ3) is 2.88. The molecule has 0 N–H and O–H groups in total. The van der Waals surface area contributed by atoms with Gasteiger partial charge in [-0.05, 0) is 13.3 Å². The number of fused-ring (bicyclic) bond motifs is 1. The molecule has 0 aliphatic carbocycles. The standard InChI is InChI=1S/C17H22N8/c1-4-13-9-14(22-12(2)21-13)24-5-7-25(8-6-24)17-15-16(18-10-19-17)23(3)11-20-15/h9-11H,4-8H2,1-3H3. The first-order valence-corrected chi connectivity index (χ1v) is 8.62. The van der Waals surface area contributed by atoms with Gasteiger partial charge in [-0.3, -0.25) is 0 Å². The van der Waals surface area contributed by atoms with Crippen LogP contribution in [-0.2, 0) is 13.5 Å². The van der Waals surface area contributed by atoms with Crippen molar-refractivity contribution in [3.8, 4) is 0 Å². The normalized spacial score (nSPS) is 15.2. The number of rotatable bonds is 3. The SMILES string of the molecule is CCc1cc(N2CCN(c3ncnc4c3ncn4C)CC2)nc(C)n1. The summed E-state index contributed by atoms with van der Waals surface area (Å²) in [5.41, 5.74) is 2.83. The van der Waals surface area contributed by atoms with Crippen molar-refractivity contribution >= 4 is 22.8 Å². The minimum atomic E-state index is 0.836. The Morgan fingerprint density at radius 1 is 1.00 bits per heavy atom. The fourth-order valence-corrected chi connectivity index (χ4v) is 3.27. The zero-order valence-electron chi connectivity index (χ0n) is 14.8. The number of hydrogen-bond acceptors (Lipinski definition) is 7. The molecule has 0 bridgehead atoms. The van der Waals surface area contributed by atoms with Crippen LogP contribution < -0.4 is 9.80 Å². The van der Waals surface area contributed by atoms with Crippen LogP contribution in [-0.4, -0.2) is 55.7 Å². The van der Waals surface area contributed by atoms with E-state index in [0.717, 1.165) is 66.9 Å². The molecule has 4 rings (SSSR count). The average Bonchev–Trinajstić information content (AvgIpc) is 3.02. The fraction of sp³-hybridized carbons (Fsp3) is 0.471. The quantitative estimate of drug-likeness (QED) is 0.713. The van der Waals surface area contributed by atoms with Crippen LogP contribution in [0.3, 0.4) is 0 Å². The van der Waals surface area contributed by atoms with Crippen LogP contribution in [0.4, 0.5) is 11.6 Å². The molecule has 8 heteroatoms. The molecule has 0 atom stereocenters. The van der Waals surface area contributed by atoms with E-state index in [9.17, 15) is 0 Å². The highest BCUT2D eigenvalue weighted by molar-refractivity contribution is 5.83. The summed E-state index contributed by atoms with van der Waals surface area (Å²) in [5.74, 6) is 2.77. The average molecular weight is 338 g/mol. The highest BCUT2D eigenvalue weighted by atomic mass is 15.3. The number of nitrogens with zero attached hydrogens (tertiary/aromatic N) is 8. The van der Waals surface area contributed by atoms with Gasteiger partial charge >= 0.3 is 0 Å². The Labute approximate surface area is 146 Å². The lowest BCUT2D eigenvalue weighted by Gasteiger charge is -2.36. The zero-order valence-corrected chi connectivity index (χ0v) is 14.8. The van der Waals surface area contributed by atoms with E-state index in [1.807, 2.05) is 18.5 Å². The molecule has 3 aromatic heterocycles. The number of anilines is 2. The third-order valence-corrected chi connectivity index (χ3v) is 4.62. The molecule has 1 aliphatic heterocycles. The third-order valence-electron chi connectivity index (χ3n) is 4.62. The smallest absolute Gasteiger partial charge is 0.165 e. The van der Waals surface area contributed by atoms with Gasteiger partial charge in [0.15, 0.2) is 17.0 Å². The lowest BCUT2D eigenvalue weighted by molar-refractivity contribution is 0.640. The molecule has 4 heterocycles. The van der Waals surface area contributed by atoms with E-state index in [1.54, 1.807) is 12.7 Å². The molecular weight excluding hydrogens is 316 g/mol. The topological polar surface area (TPSA) is 75.9 Å². The summed E-state index contributed by atoms with van der Waals surface area (Å²) in [5, 5.41) is 0. The predicted molar refractivity (Wildman–Crippen MR) is 96.9 cm³/mol. The summed E-state index contributed by atoms with van der Waals surface area (Å²) >= 11 is 0. The van der Waals surface area contributed by atoms with Crippen molar-refractivity contribution in [3.05, 3.63) is 30.2 Å². The number of hydrogen-bond donors (Lipinski definition) is 0. The van der Waals surface area contributed by atoms with E-state index in [0.29, 0.717) is 0 Å². The van der Waals surface area contributed by atoms with Crippen molar-refractivity contribution in [1.29, 1.82) is 0 Å². The maximum absolute atomic E-state index is 4.61. The maximum atomic E-state index is 4.61. The highest BCUT2D eigenvalue weighted by Crippen LogP contribution is 2.23. The Bertz CT molecular complexity index is 895. The van der Waals surface area contributed by atoms with Crippen molar-refractivity contribution in [3.63, 3.8) is 0 Å². The molecule has 0 spiro atoms. The van der Waals surface area contributed by atoms with Crippen molar-refractivity contribution < 1.29 is 0 Å². The van der Waals surface area contributed by atoms with Gasteiger partial charge in [0.1, 0.15) is 18.0 Å². The number of aromatic nitrogens is 6. The van der Waals surface area contributed by atoms with Crippen molar-refractivity contribution in [1.82, 2.24) is 29.5 Å². The van der Waals surface area contributed by atoms with Crippen LogP contribution in [0.25, 0.3) is 11.2 Å². The lowest BCUT2D eigenvalue weighted by atomic mass is 10.2. The van der Waals surface area contributed by atoms with E-state index in [4.69, 9.17) is 0 Å². The fourth-order valence-electron chi connectivity index (χ4n) is 3.27. The second kappa shape index (κ2) is 6.27. The van der Waals surface area contributed by atoms with Gasteiger partial charge in [0, 0.05) is 45.0 Å². The second-order valence-corrected chi connectivity index (χ2v) is 6.32. The van der Waals surface area contributed by atoms with Crippen molar-refractivity contribution in [2.45, 2.75) is 20.3 Å². The van der Waals surface area contributed by atoms with E-state index < -0.39 is 0 Å². The molecular formula is C17H22N8. The highest BCUT2D eigenvalue weighted by Gasteiger charge is 2.22. The van der Waals surface area contributed by atoms with Crippen LogP contribution in [0.15, 0.2) is 18.7 Å². The molecule has 1 fully saturated rings. The molecule has 3 aromatic rings. The first-order chi connectivity index (χ1) is 12.2. The summed E-state index contributed by atoms with van der Waals surface area (Å²) in [6, 6.07) is 2.10. The summed E-state index contributed by atoms with van der Waals surface area (Å²) < 4.78 is 1.92. The van der Waals surface area contributed by atoms with Crippen molar-refractivity contribution in [2.24, 2.45) is 7.05 Å². The van der Waals surface area contributed by atoms with Crippen LogP contribution in [0, 0.1) is 6.92 Å². The van der Waals surface area contributed by atoms with Crippen molar-refractivity contribution in [2.75, 3.05) is 36.0 Å². The summed E-state index contributed by atoms with van der Waals surface area (Å²) in [4.78, 5) is 27.0. The Morgan fingerprint density at radius 2 is 1.76 bits per heavy atom. The summed E-state index contributed by atoms with van der Waals surface area (Å²) in [7, 11) is 1.95. The molecule has 1 saturated heterocycles. The molecule has 0 unspecified atom stereocenters. The molecule has 130 valence electrons. The lowest BCUT2D eigenvalue weighted by Crippen LogP contribution is -2.47. The Kier molecular flexibility index (Phi) is 3.95. The predicted octanol–water partition coefficient (Wildman–Crippen LogP) is 1.35. The molecule has 0 radical (unpaired) electrons. The first kappa shape index (κ1) is 15.7.